The topological polar surface area (TPSA) is 71.9 Å². The highest BCUT2D eigenvalue weighted by molar-refractivity contribution is 7.71. The van der Waals surface area contributed by atoms with Crippen molar-refractivity contribution in [3.05, 3.63) is 58.9 Å². The predicted molar refractivity (Wildman–Crippen MR) is 113 cm³/mol. The number of anilines is 1. The van der Waals surface area contributed by atoms with Crippen LogP contribution in [0.4, 0.5) is 5.69 Å². The lowest BCUT2D eigenvalue weighted by molar-refractivity contribution is -0.116. The molecule has 28 heavy (non-hydrogen) atoms. The lowest BCUT2D eigenvalue weighted by atomic mass is 10.0. The highest BCUT2D eigenvalue weighted by Gasteiger charge is 2.11. The first-order valence-corrected chi connectivity index (χ1v) is 9.58. The summed E-state index contributed by atoms with van der Waals surface area (Å²) in [6.07, 6.45) is 0.295. The van der Waals surface area contributed by atoms with Crippen molar-refractivity contribution in [1.82, 2.24) is 14.8 Å². The molecule has 1 heterocycles. The fraction of sp³-hybridized carbons (Fsp3) is 0.286. The Morgan fingerprint density at radius 1 is 1.25 bits per heavy atom. The van der Waals surface area contributed by atoms with Crippen molar-refractivity contribution in [3.63, 3.8) is 0 Å². The van der Waals surface area contributed by atoms with Gasteiger partial charge in [0.1, 0.15) is 5.75 Å². The molecule has 0 aliphatic heterocycles. The normalized spacial score (nSPS) is 10.9. The van der Waals surface area contributed by atoms with Crippen molar-refractivity contribution in [2.24, 2.45) is 0 Å². The van der Waals surface area contributed by atoms with Crippen LogP contribution in [0.3, 0.4) is 0 Å². The molecule has 0 unspecified atom stereocenters. The van der Waals surface area contributed by atoms with Gasteiger partial charge in [-0.3, -0.25) is 14.5 Å². The second kappa shape index (κ2) is 8.84. The molecule has 6 nitrogen and oxygen atoms in total. The quantitative estimate of drug-likeness (QED) is 0.565. The molecule has 0 saturated heterocycles. The first kappa shape index (κ1) is 19.8. The molecule has 0 radical (unpaired) electrons. The molecular formula is C21H24N4O2S. The second-order valence-corrected chi connectivity index (χ2v) is 7.20. The molecule has 7 heteroatoms. The van der Waals surface area contributed by atoms with E-state index in [0.717, 1.165) is 17.0 Å². The zero-order chi connectivity index (χ0) is 20.1. The molecule has 1 amide bonds. The van der Waals surface area contributed by atoms with E-state index < -0.39 is 0 Å². The fourth-order valence-electron chi connectivity index (χ4n) is 2.90. The first-order valence-electron chi connectivity index (χ1n) is 9.17. The van der Waals surface area contributed by atoms with Gasteiger partial charge < -0.3 is 10.1 Å². The van der Waals surface area contributed by atoms with E-state index in [1.807, 2.05) is 47.0 Å². The lowest BCUT2D eigenvalue weighted by Crippen LogP contribution is -2.15. The molecule has 0 atom stereocenters. The summed E-state index contributed by atoms with van der Waals surface area (Å²) < 4.78 is 7.51. The molecule has 2 aromatic carbocycles. The average molecular weight is 397 g/mol. The van der Waals surface area contributed by atoms with Crippen LogP contribution in [0.5, 0.6) is 5.75 Å². The maximum absolute atomic E-state index is 12.4. The number of H-pyrrole nitrogens is 1. The maximum Gasteiger partial charge on any atom is 0.226 e. The number of benzene rings is 2. The van der Waals surface area contributed by atoms with Crippen LogP contribution in [0.25, 0.3) is 11.4 Å². The van der Waals surface area contributed by atoms with Crippen LogP contribution in [-0.4, -0.2) is 27.8 Å². The fourth-order valence-corrected chi connectivity index (χ4v) is 3.12. The highest BCUT2D eigenvalue weighted by atomic mass is 32.1. The van der Waals surface area contributed by atoms with Crippen LogP contribution in [0.15, 0.2) is 48.5 Å². The van der Waals surface area contributed by atoms with Gasteiger partial charge in [0.25, 0.3) is 0 Å². The third-order valence-electron chi connectivity index (χ3n) is 4.51. The molecule has 2 N–H and O–H groups in total. The summed E-state index contributed by atoms with van der Waals surface area (Å²) in [6, 6.07) is 15.5. The highest BCUT2D eigenvalue weighted by Crippen LogP contribution is 2.22. The minimum atomic E-state index is -0.0651. The number of carbonyl (C=O) groups excluding carboxylic acids is 1. The van der Waals surface area contributed by atoms with Crippen molar-refractivity contribution in [2.45, 2.75) is 32.7 Å². The number of rotatable bonds is 7. The Bertz CT molecular complexity index is 1010. The van der Waals surface area contributed by atoms with Crippen LogP contribution >= 0.6 is 12.2 Å². The lowest BCUT2D eigenvalue weighted by Gasteiger charge is -2.10. The summed E-state index contributed by atoms with van der Waals surface area (Å²) in [5.74, 6) is 1.81. The number of hydrogen-bond acceptors (Lipinski definition) is 4. The van der Waals surface area contributed by atoms with Crippen molar-refractivity contribution in [1.29, 1.82) is 0 Å². The number of hydrogen-bond donors (Lipinski definition) is 2. The number of carbonyl (C=O) groups is 1. The third-order valence-corrected chi connectivity index (χ3v) is 4.82. The Hall–Kier alpha value is -2.93. The van der Waals surface area contributed by atoms with Gasteiger partial charge in [-0.15, -0.1) is 0 Å². The monoisotopic (exact) mass is 396 g/mol. The molecule has 0 aliphatic carbocycles. The molecule has 0 fully saturated rings. The van der Waals surface area contributed by atoms with Gasteiger partial charge in [0.2, 0.25) is 5.91 Å². The van der Waals surface area contributed by atoms with Crippen molar-refractivity contribution in [3.8, 4) is 17.1 Å². The predicted octanol–water partition coefficient (Wildman–Crippen LogP) is 4.77. The molecule has 3 rings (SSSR count). The second-order valence-electron chi connectivity index (χ2n) is 6.81. The zero-order valence-corrected chi connectivity index (χ0v) is 17.0. The SMILES string of the molecule is COc1ccc(-c2n[nH]c(=S)n2CCC(=O)Nc2cccc(C(C)C)c2)cc1. The Morgan fingerprint density at radius 3 is 2.68 bits per heavy atom. The van der Waals surface area contributed by atoms with Gasteiger partial charge in [-0.1, -0.05) is 26.0 Å². The number of nitrogens with zero attached hydrogens (tertiary/aromatic N) is 2. The number of methoxy groups -OCH3 is 1. The average Bonchev–Trinajstić information content (AvgIpc) is 3.07. The van der Waals surface area contributed by atoms with Crippen LogP contribution in [0, 0.1) is 4.77 Å². The summed E-state index contributed by atoms with van der Waals surface area (Å²) in [7, 11) is 1.63. The standard InChI is InChI=1S/C21H24N4O2S/c1-14(2)16-5-4-6-17(13-16)22-19(26)11-12-25-20(23-24-21(25)28)15-7-9-18(27-3)10-8-15/h4-10,13-14H,11-12H2,1-3H3,(H,22,26)(H,24,28). The molecule has 0 aliphatic rings. The number of amides is 1. The summed E-state index contributed by atoms with van der Waals surface area (Å²) in [5.41, 5.74) is 2.90. The minimum Gasteiger partial charge on any atom is -0.497 e. The van der Waals surface area contributed by atoms with Crippen LogP contribution < -0.4 is 10.1 Å². The Kier molecular flexibility index (Phi) is 6.26. The Labute approximate surface area is 169 Å². The smallest absolute Gasteiger partial charge is 0.226 e. The van der Waals surface area contributed by atoms with E-state index in [1.54, 1.807) is 7.11 Å². The van der Waals surface area contributed by atoms with Crippen molar-refractivity contribution < 1.29 is 9.53 Å². The minimum absolute atomic E-state index is 0.0651. The van der Waals surface area contributed by atoms with Gasteiger partial charge in [0.15, 0.2) is 10.6 Å². The first-order chi connectivity index (χ1) is 13.5. The van der Waals surface area contributed by atoms with Crippen LogP contribution in [0.1, 0.15) is 31.7 Å². The molecule has 3 aromatic rings. The summed E-state index contributed by atoms with van der Waals surface area (Å²) in [5, 5.41) is 10.1. The molecule has 1 aromatic heterocycles. The van der Waals surface area contributed by atoms with E-state index in [1.165, 1.54) is 5.56 Å². The number of aromatic amines is 1. The summed E-state index contributed by atoms with van der Waals surface area (Å²) in [4.78, 5) is 12.4. The van der Waals surface area contributed by atoms with Gasteiger partial charge in [-0.05, 0) is 60.1 Å². The largest absolute Gasteiger partial charge is 0.497 e. The maximum atomic E-state index is 12.4. The van der Waals surface area contributed by atoms with E-state index in [0.29, 0.717) is 29.5 Å². The van der Waals surface area contributed by atoms with Gasteiger partial charge in [-0.2, -0.15) is 5.10 Å². The molecular weight excluding hydrogens is 372 g/mol. The van der Waals surface area contributed by atoms with E-state index in [2.05, 4.69) is 35.4 Å². The van der Waals surface area contributed by atoms with Gasteiger partial charge in [-0.25, -0.2) is 0 Å². The Morgan fingerprint density at radius 2 is 2.00 bits per heavy atom. The molecule has 146 valence electrons. The van der Waals surface area contributed by atoms with E-state index >= 15 is 0 Å². The number of ether oxygens (including phenoxy) is 1. The zero-order valence-electron chi connectivity index (χ0n) is 16.2. The van der Waals surface area contributed by atoms with Crippen molar-refractivity contribution in [2.75, 3.05) is 12.4 Å². The van der Waals surface area contributed by atoms with E-state index in [9.17, 15) is 4.79 Å². The van der Waals surface area contributed by atoms with Gasteiger partial charge in [0.05, 0.1) is 7.11 Å². The van der Waals surface area contributed by atoms with Crippen molar-refractivity contribution >= 4 is 23.8 Å². The van der Waals surface area contributed by atoms with E-state index in [4.69, 9.17) is 17.0 Å². The van der Waals surface area contributed by atoms with E-state index in [-0.39, 0.29) is 5.91 Å². The summed E-state index contributed by atoms with van der Waals surface area (Å²) in [6.45, 7) is 4.69. The molecule has 0 saturated carbocycles. The number of nitrogens with one attached hydrogen (secondary N) is 2. The molecule has 0 spiro atoms. The van der Waals surface area contributed by atoms with Gasteiger partial charge in [0, 0.05) is 24.2 Å². The van der Waals surface area contributed by atoms with Crippen LogP contribution in [-0.2, 0) is 11.3 Å². The molecule has 0 bridgehead atoms. The third kappa shape index (κ3) is 4.67. The number of aromatic nitrogens is 3. The van der Waals surface area contributed by atoms with Gasteiger partial charge >= 0.3 is 0 Å². The summed E-state index contributed by atoms with van der Waals surface area (Å²) >= 11 is 5.34. The Balaban J connectivity index is 1.69. The van der Waals surface area contributed by atoms with Crippen LogP contribution in [0.2, 0.25) is 0 Å².